The Kier molecular flexibility index (Phi) is 7.59. The minimum atomic E-state index is -4.98. The molecule has 220 valence electrons. The van der Waals surface area contributed by atoms with E-state index in [1.807, 2.05) is 91.0 Å². The number of nitrogens with one attached hydrogen (secondary N) is 1. The van der Waals surface area contributed by atoms with Crippen molar-refractivity contribution in [3.63, 3.8) is 0 Å². The van der Waals surface area contributed by atoms with Gasteiger partial charge in [0, 0.05) is 11.3 Å². The van der Waals surface area contributed by atoms with Crippen LogP contribution in [0.15, 0.2) is 133 Å². The van der Waals surface area contributed by atoms with E-state index in [2.05, 4.69) is 5.32 Å². The minimum absolute atomic E-state index is 0.123. The van der Waals surface area contributed by atoms with Crippen LogP contribution in [0.4, 0.5) is 32.0 Å². The molecule has 1 atom stereocenters. The molecule has 1 heterocycles. The van der Waals surface area contributed by atoms with Crippen LogP contribution in [0.2, 0.25) is 0 Å². The fourth-order valence-corrected chi connectivity index (χ4v) is 5.36. The summed E-state index contributed by atoms with van der Waals surface area (Å²) < 4.78 is 82.6. The third-order valence-corrected chi connectivity index (χ3v) is 7.39. The van der Waals surface area contributed by atoms with Gasteiger partial charge >= 0.3 is 12.4 Å². The second-order valence-electron chi connectivity index (χ2n) is 10.3. The summed E-state index contributed by atoms with van der Waals surface area (Å²) in [7, 11) is 0. The summed E-state index contributed by atoms with van der Waals surface area (Å²) in [6.45, 7) is 0. The fraction of sp³-hybridized carbons (Fsp3) is 0.0833. The Balaban J connectivity index is 1.54. The van der Waals surface area contributed by atoms with Gasteiger partial charge in [-0.2, -0.15) is 26.3 Å². The Bertz CT molecular complexity index is 1890. The summed E-state index contributed by atoms with van der Waals surface area (Å²) in [5.41, 5.74) is 0.965. The van der Waals surface area contributed by atoms with Crippen molar-refractivity contribution in [3.8, 4) is 22.4 Å². The average molecular weight is 599 g/mol. The lowest BCUT2D eigenvalue weighted by Crippen LogP contribution is -2.17. The first-order chi connectivity index (χ1) is 21.1. The molecule has 6 aromatic rings. The molecule has 5 aromatic carbocycles. The van der Waals surface area contributed by atoms with Crippen molar-refractivity contribution in [1.29, 1.82) is 0 Å². The standard InChI is InChI=1S/C36H24F6N2/c37-35(38,39)25-20-26(36(40,41)42)22-27(21-25)43-34(31-16-7-6-15-29(31)23-10-2-1-3-11-23)33-19-9-18-32(44-33)30-17-8-13-24-12-4-5-14-28(24)30/h1-22,34,43H. The topological polar surface area (TPSA) is 24.9 Å². The summed E-state index contributed by atoms with van der Waals surface area (Å²) in [6.07, 6.45) is -9.97. The highest BCUT2D eigenvalue weighted by Gasteiger charge is 2.37. The highest BCUT2D eigenvalue weighted by atomic mass is 19.4. The predicted octanol–water partition coefficient (Wildman–Crippen LogP) is 10.8. The van der Waals surface area contributed by atoms with E-state index in [1.54, 1.807) is 24.3 Å². The van der Waals surface area contributed by atoms with Crippen molar-refractivity contribution in [3.05, 3.63) is 156 Å². The summed E-state index contributed by atoms with van der Waals surface area (Å²) >= 11 is 0. The van der Waals surface area contributed by atoms with Crippen molar-refractivity contribution < 1.29 is 26.3 Å². The molecule has 0 aliphatic carbocycles. The molecule has 1 N–H and O–H groups in total. The first-order valence-corrected chi connectivity index (χ1v) is 13.7. The second kappa shape index (κ2) is 11.5. The molecule has 8 heteroatoms. The van der Waals surface area contributed by atoms with Gasteiger partial charge in [-0.15, -0.1) is 0 Å². The average Bonchev–Trinajstić information content (AvgIpc) is 3.03. The van der Waals surface area contributed by atoms with Crippen LogP contribution < -0.4 is 5.32 Å². The molecular weight excluding hydrogens is 574 g/mol. The molecular formula is C36H24F6N2. The summed E-state index contributed by atoms with van der Waals surface area (Å²) in [5.74, 6) is 0. The Morgan fingerprint density at radius 2 is 1.14 bits per heavy atom. The van der Waals surface area contributed by atoms with E-state index in [0.29, 0.717) is 29.1 Å². The number of hydrogen-bond acceptors (Lipinski definition) is 2. The van der Waals surface area contributed by atoms with Crippen molar-refractivity contribution in [2.24, 2.45) is 0 Å². The van der Waals surface area contributed by atoms with E-state index in [0.717, 1.165) is 27.5 Å². The number of alkyl halides is 6. The Morgan fingerprint density at radius 1 is 0.545 bits per heavy atom. The van der Waals surface area contributed by atoms with Crippen LogP contribution in [0.5, 0.6) is 0 Å². The number of aromatic nitrogens is 1. The second-order valence-corrected chi connectivity index (χ2v) is 10.3. The maximum Gasteiger partial charge on any atom is 0.416 e. The first kappa shape index (κ1) is 29.0. The van der Waals surface area contributed by atoms with Gasteiger partial charge in [-0.3, -0.25) is 4.98 Å². The Morgan fingerprint density at radius 3 is 1.86 bits per heavy atom. The molecule has 0 fully saturated rings. The zero-order valence-electron chi connectivity index (χ0n) is 23.0. The number of anilines is 1. The van der Waals surface area contributed by atoms with Crippen molar-refractivity contribution in [2.45, 2.75) is 18.4 Å². The number of hydrogen-bond donors (Lipinski definition) is 1. The highest BCUT2D eigenvalue weighted by Crippen LogP contribution is 2.40. The maximum absolute atomic E-state index is 13.8. The third-order valence-electron chi connectivity index (χ3n) is 7.39. The van der Waals surface area contributed by atoms with E-state index < -0.39 is 29.5 Å². The lowest BCUT2D eigenvalue weighted by molar-refractivity contribution is -0.143. The SMILES string of the molecule is FC(F)(F)c1cc(NC(c2cccc(-c3cccc4ccccc34)n2)c2ccccc2-c2ccccc2)cc(C(F)(F)F)c1. The molecule has 0 saturated carbocycles. The Hall–Kier alpha value is -5.11. The smallest absolute Gasteiger partial charge is 0.373 e. The Labute approximate surface area is 249 Å². The van der Waals surface area contributed by atoms with Crippen LogP contribution in [0, 0.1) is 0 Å². The number of benzene rings is 5. The zero-order valence-corrected chi connectivity index (χ0v) is 23.0. The molecule has 1 unspecified atom stereocenters. The van der Waals surface area contributed by atoms with Gasteiger partial charge in [-0.25, -0.2) is 0 Å². The lowest BCUT2D eigenvalue weighted by Gasteiger charge is -2.25. The number of halogens is 6. The molecule has 2 nitrogen and oxygen atoms in total. The molecule has 0 bridgehead atoms. The van der Waals surface area contributed by atoms with Crippen molar-refractivity contribution in [1.82, 2.24) is 4.98 Å². The van der Waals surface area contributed by atoms with Crippen LogP contribution >= 0.6 is 0 Å². The summed E-state index contributed by atoms with van der Waals surface area (Å²) in [6, 6.07) is 36.2. The van der Waals surface area contributed by atoms with Crippen LogP contribution in [-0.2, 0) is 12.4 Å². The summed E-state index contributed by atoms with van der Waals surface area (Å²) in [4.78, 5) is 4.94. The van der Waals surface area contributed by atoms with Crippen molar-refractivity contribution >= 4 is 16.5 Å². The normalized spacial score (nSPS) is 12.7. The van der Waals surface area contributed by atoms with E-state index in [9.17, 15) is 26.3 Å². The quantitative estimate of drug-likeness (QED) is 0.193. The molecule has 6 rings (SSSR count). The molecule has 0 radical (unpaired) electrons. The van der Waals surface area contributed by atoms with E-state index in [-0.39, 0.29) is 11.8 Å². The maximum atomic E-state index is 13.8. The van der Waals surface area contributed by atoms with E-state index in [1.165, 1.54) is 0 Å². The summed E-state index contributed by atoms with van der Waals surface area (Å²) in [5, 5.41) is 4.96. The van der Waals surface area contributed by atoms with Crippen LogP contribution in [0.25, 0.3) is 33.2 Å². The van der Waals surface area contributed by atoms with E-state index in [4.69, 9.17) is 4.98 Å². The van der Waals surface area contributed by atoms with Gasteiger partial charge in [0.15, 0.2) is 0 Å². The molecule has 44 heavy (non-hydrogen) atoms. The molecule has 0 saturated heterocycles. The number of nitrogens with zero attached hydrogens (tertiary/aromatic N) is 1. The largest absolute Gasteiger partial charge is 0.416 e. The van der Waals surface area contributed by atoms with Crippen LogP contribution in [0.1, 0.15) is 28.4 Å². The number of fused-ring (bicyclic) bond motifs is 1. The van der Waals surface area contributed by atoms with Gasteiger partial charge in [0.1, 0.15) is 0 Å². The predicted molar refractivity (Wildman–Crippen MR) is 161 cm³/mol. The van der Waals surface area contributed by atoms with Gasteiger partial charge in [0.05, 0.1) is 28.6 Å². The van der Waals surface area contributed by atoms with Gasteiger partial charge in [-0.05, 0) is 57.8 Å². The van der Waals surface area contributed by atoms with Crippen molar-refractivity contribution in [2.75, 3.05) is 5.32 Å². The third kappa shape index (κ3) is 6.01. The monoisotopic (exact) mass is 598 g/mol. The van der Waals surface area contributed by atoms with Gasteiger partial charge in [0.2, 0.25) is 0 Å². The molecule has 0 spiro atoms. The van der Waals surface area contributed by atoms with Gasteiger partial charge < -0.3 is 5.32 Å². The number of pyridine rings is 1. The van der Waals surface area contributed by atoms with E-state index >= 15 is 0 Å². The number of rotatable bonds is 6. The lowest BCUT2D eigenvalue weighted by atomic mass is 9.92. The van der Waals surface area contributed by atoms with Gasteiger partial charge in [-0.1, -0.05) is 103 Å². The molecule has 0 aliphatic rings. The van der Waals surface area contributed by atoms with Gasteiger partial charge in [0.25, 0.3) is 0 Å². The minimum Gasteiger partial charge on any atom is -0.373 e. The van der Waals surface area contributed by atoms with Crippen LogP contribution in [-0.4, -0.2) is 4.98 Å². The fourth-order valence-electron chi connectivity index (χ4n) is 5.36. The zero-order chi connectivity index (χ0) is 30.9. The molecule has 0 aliphatic heterocycles. The first-order valence-electron chi connectivity index (χ1n) is 13.7. The van der Waals surface area contributed by atoms with Crippen LogP contribution in [0.3, 0.4) is 0 Å². The molecule has 0 amide bonds. The highest BCUT2D eigenvalue weighted by molar-refractivity contribution is 5.95. The molecule has 1 aromatic heterocycles.